The quantitative estimate of drug-likeness (QED) is 0.862. The minimum absolute atomic E-state index is 0.360. The van der Waals surface area contributed by atoms with Crippen LogP contribution in [0.15, 0.2) is 18.2 Å². The van der Waals surface area contributed by atoms with E-state index in [1.54, 1.807) is 0 Å². The maximum absolute atomic E-state index is 6.01. The number of aromatic amines is 1. The smallest absolute Gasteiger partial charge is 0.178 e. The van der Waals surface area contributed by atoms with Crippen molar-refractivity contribution >= 4 is 34.9 Å². The molecule has 0 aliphatic carbocycles. The largest absolute Gasteiger partial charge is 0.378 e. The lowest BCUT2D eigenvalue weighted by Crippen LogP contribution is -2.20. The van der Waals surface area contributed by atoms with Crippen LogP contribution in [0.3, 0.4) is 0 Å². The number of nitrogens with zero attached hydrogens (tertiary/aromatic N) is 1. The molecule has 0 amide bonds. The highest BCUT2D eigenvalue weighted by atomic mass is 35.5. The maximum Gasteiger partial charge on any atom is 0.178 e. The molecule has 1 aromatic heterocycles. The average Bonchev–Trinajstić information content (AvgIpc) is 2.95. The number of benzene rings is 1. The number of rotatable bonds is 3. The normalized spacial score (nSPS) is 23.3. The van der Waals surface area contributed by atoms with Crippen LogP contribution in [0, 0.1) is 10.7 Å². The van der Waals surface area contributed by atoms with Gasteiger partial charge in [0.15, 0.2) is 4.77 Å². The van der Waals surface area contributed by atoms with Gasteiger partial charge in [0.05, 0.1) is 17.1 Å². The van der Waals surface area contributed by atoms with Crippen LogP contribution >= 0.6 is 23.8 Å². The summed E-state index contributed by atoms with van der Waals surface area (Å²) in [4.78, 5) is 3.23. The van der Waals surface area contributed by atoms with Crippen molar-refractivity contribution in [1.29, 1.82) is 0 Å². The summed E-state index contributed by atoms with van der Waals surface area (Å²) in [6.45, 7) is 3.96. The Morgan fingerprint density at radius 2 is 2.37 bits per heavy atom. The van der Waals surface area contributed by atoms with Crippen LogP contribution < -0.4 is 0 Å². The van der Waals surface area contributed by atoms with E-state index in [4.69, 9.17) is 28.6 Å². The van der Waals surface area contributed by atoms with Crippen molar-refractivity contribution in [3.63, 3.8) is 0 Å². The van der Waals surface area contributed by atoms with Gasteiger partial charge < -0.3 is 14.3 Å². The van der Waals surface area contributed by atoms with Crippen LogP contribution in [0.1, 0.15) is 19.8 Å². The molecule has 3 nitrogen and oxygen atoms in total. The molecule has 0 saturated carbocycles. The molecular formula is C14H17ClN2OS. The molecule has 0 radical (unpaired) electrons. The number of imidazole rings is 1. The lowest BCUT2D eigenvalue weighted by molar-refractivity contribution is 0.0837. The molecule has 3 rings (SSSR count). The first-order valence-electron chi connectivity index (χ1n) is 6.68. The van der Waals surface area contributed by atoms with Crippen molar-refractivity contribution in [3.05, 3.63) is 28.0 Å². The van der Waals surface area contributed by atoms with E-state index < -0.39 is 0 Å². The van der Waals surface area contributed by atoms with Crippen molar-refractivity contribution in [2.24, 2.45) is 5.92 Å². The molecule has 19 heavy (non-hydrogen) atoms. The second-order valence-electron chi connectivity index (χ2n) is 5.07. The van der Waals surface area contributed by atoms with Gasteiger partial charge in [0.1, 0.15) is 0 Å². The maximum atomic E-state index is 6.01. The molecule has 1 aliphatic rings. The predicted octanol–water partition coefficient (Wildman–Crippen LogP) is 4.17. The molecule has 1 aromatic carbocycles. The van der Waals surface area contributed by atoms with Gasteiger partial charge in [-0.1, -0.05) is 18.5 Å². The molecule has 0 spiro atoms. The van der Waals surface area contributed by atoms with Gasteiger partial charge in [-0.2, -0.15) is 0 Å². The molecule has 0 bridgehead atoms. The zero-order valence-corrected chi connectivity index (χ0v) is 12.4. The Morgan fingerprint density at radius 1 is 1.53 bits per heavy atom. The van der Waals surface area contributed by atoms with Gasteiger partial charge in [0.2, 0.25) is 0 Å². The zero-order chi connectivity index (χ0) is 13.4. The van der Waals surface area contributed by atoms with Crippen LogP contribution in [-0.4, -0.2) is 22.3 Å². The molecule has 1 saturated heterocycles. The fraction of sp³-hybridized carbons (Fsp3) is 0.500. The van der Waals surface area contributed by atoms with Crippen LogP contribution in [0.25, 0.3) is 11.0 Å². The first-order valence-corrected chi connectivity index (χ1v) is 7.47. The monoisotopic (exact) mass is 296 g/mol. The molecule has 1 aliphatic heterocycles. The number of nitrogens with one attached hydrogen (secondary N) is 1. The van der Waals surface area contributed by atoms with Gasteiger partial charge in [0, 0.05) is 24.1 Å². The minimum atomic E-state index is 0.360. The zero-order valence-electron chi connectivity index (χ0n) is 10.9. The summed E-state index contributed by atoms with van der Waals surface area (Å²) in [5.41, 5.74) is 2.13. The van der Waals surface area contributed by atoms with Crippen molar-refractivity contribution in [3.8, 4) is 0 Å². The summed E-state index contributed by atoms with van der Waals surface area (Å²) in [6.07, 6.45) is 2.53. The van der Waals surface area contributed by atoms with Gasteiger partial charge >= 0.3 is 0 Å². The van der Waals surface area contributed by atoms with Gasteiger partial charge in [-0.05, 0) is 43.3 Å². The van der Waals surface area contributed by atoms with Crippen LogP contribution in [-0.2, 0) is 11.3 Å². The summed E-state index contributed by atoms with van der Waals surface area (Å²) in [5, 5.41) is 0.728. The fourth-order valence-electron chi connectivity index (χ4n) is 2.90. The summed E-state index contributed by atoms with van der Waals surface area (Å²) >= 11 is 11.4. The van der Waals surface area contributed by atoms with Gasteiger partial charge in [-0.15, -0.1) is 0 Å². The molecule has 2 atom stereocenters. The topological polar surface area (TPSA) is 29.9 Å². The van der Waals surface area contributed by atoms with Gasteiger partial charge in [-0.3, -0.25) is 0 Å². The number of hydrogen-bond acceptors (Lipinski definition) is 2. The number of fused-ring (bicyclic) bond motifs is 1. The third-order valence-corrected chi connectivity index (χ3v) is 4.46. The van der Waals surface area contributed by atoms with E-state index >= 15 is 0 Å². The predicted molar refractivity (Wildman–Crippen MR) is 80.3 cm³/mol. The van der Waals surface area contributed by atoms with Gasteiger partial charge in [-0.25, -0.2) is 0 Å². The van der Waals surface area contributed by atoms with E-state index in [-0.39, 0.29) is 0 Å². The van der Waals surface area contributed by atoms with Crippen molar-refractivity contribution in [1.82, 2.24) is 9.55 Å². The molecule has 2 heterocycles. The highest BCUT2D eigenvalue weighted by Gasteiger charge is 2.27. The summed E-state index contributed by atoms with van der Waals surface area (Å²) in [5.74, 6) is 0.548. The molecule has 2 aromatic rings. The third kappa shape index (κ3) is 2.45. The molecule has 1 N–H and O–H groups in total. The number of halogens is 1. The lowest BCUT2D eigenvalue weighted by Gasteiger charge is -2.17. The number of hydrogen-bond donors (Lipinski definition) is 1. The fourth-order valence-corrected chi connectivity index (χ4v) is 3.36. The summed E-state index contributed by atoms with van der Waals surface area (Å²) in [6, 6.07) is 5.86. The first-order chi connectivity index (χ1) is 9.19. The Balaban J connectivity index is 1.96. The lowest BCUT2D eigenvalue weighted by atomic mass is 9.99. The van der Waals surface area contributed by atoms with Crippen molar-refractivity contribution in [2.75, 3.05) is 6.61 Å². The minimum Gasteiger partial charge on any atom is -0.378 e. The highest BCUT2D eigenvalue weighted by Crippen LogP contribution is 2.27. The molecule has 5 heteroatoms. The average molecular weight is 297 g/mol. The summed E-state index contributed by atoms with van der Waals surface area (Å²) in [7, 11) is 0. The second kappa shape index (κ2) is 5.27. The SMILES string of the molecule is CCC1OCCC1Cn1c(=S)[nH]c2cc(Cl)ccc21. The second-order valence-corrected chi connectivity index (χ2v) is 5.89. The van der Waals surface area contributed by atoms with Crippen LogP contribution in [0.2, 0.25) is 5.02 Å². The van der Waals surface area contributed by atoms with Gasteiger partial charge in [0.25, 0.3) is 0 Å². The standard InChI is InChI=1S/C14H17ClN2OS/c1-2-13-9(5-6-18-13)8-17-12-4-3-10(15)7-11(12)16-14(17)19/h3-4,7,9,13H,2,5-6,8H2,1H3,(H,16,19). The molecular weight excluding hydrogens is 280 g/mol. The van der Waals surface area contributed by atoms with E-state index in [1.165, 1.54) is 0 Å². The Hall–Kier alpha value is -0.840. The van der Waals surface area contributed by atoms with Crippen LogP contribution in [0.4, 0.5) is 0 Å². The Morgan fingerprint density at radius 3 is 3.16 bits per heavy atom. The number of aromatic nitrogens is 2. The van der Waals surface area contributed by atoms with E-state index in [2.05, 4.69) is 16.5 Å². The van der Waals surface area contributed by atoms with Crippen molar-refractivity contribution in [2.45, 2.75) is 32.4 Å². The van der Waals surface area contributed by atoms with E-state index in [9.17, 15) is 0 Å². The molecule has 2 unspecified atom stereocenters. The Kier molecular flexibility index (Phi) is 3.65. The highest BCUT2D eigenvalue weighted by molar-refractivity contribution is 7.71. The van der Waals surface area contributed by atoms with E-state index in [0.29, 0.717) is 12.0 Å². The Labute approximate surface area is 122 Å². The number of ether oxygens (including phenoxy) is 1. The van der Waals surface area contributed by atoms with Crippen molar-refractivity contribution < 1.29 is 4.74 Å². The van der Waals surface area contributed by atoms with E-state index in [0.717, 1.165) is 46.8 Å². The Bertz CT molecular complexity index is 648. The third-order valence-electron chi connectivity index (χ3n) is 3.90. The van der Waals surface area contributed by atoms with Crippen LogP contribution in [0.5, 0.6) is 0 Å². The molecule has 102 valence electrons. The van der Waals surface area contributed by atoms with E-state index in [1.807, 2.05) is 18.2 Å². The summed E-state index contributed by atoms with van der Waals surface area (Å²) < 4.78 is 8.69. The molecule has 1 fully saturated rings. The number of H-pyrrole nitrogens is 1. The first kappa shape index (κ1) is 13.2.